The van der Waals surface area contributed by atoms with Gasteiger partial charge in [-0.05, 0) is 37.5 Å². The normalized spacial score (nSPS) is 19.1. The van der Waals surface area contributed by atoms with Crippen LogP contribution in [0.3, 0.4) is 0 Å². The van der Waals surface area contributed by atoms with E-state index in [1.54, 1.807) is 0 Å². The van der Waals surface area contributed by atoms with Crippen LogP contribution in [0.25, 0.3) is 0 Å². The standard InChI is InChI=1S/C13H17F2NO/c1-2-12(16-9-4-5-9)13(17)10-7-8(14)3-6-11(10)15/h3,6-7,9,12-13,16-17H,2,4-5H2,1H3. The first-order chi connectivity index (χ1) is 8.11. The smallest absolute Gasteiger partial charge is 0.129 e. The summed E-state index contributed by atoms with van der Waals surface area (Å²) in [7, 11) is 0. The predicted octanol–water partition coefficient (Wildman–Crippen LogP) is 2.53. The lowest BCUT2D eigenvalue weighted by Crippen LogP contribution is -2.36. The fraction of sp³-hybridized carbons (Fsp3) is 0.538. The Morgan fingerprint density at radius 3 is 2.71 bits per heavy atom. The van der Waals surface area contributed by atoms with Crippen LogP contribution < -0.4 is 5.32 Å². The maximum Gasteiger partial charge on any atom is 0.129 e. The second-order valence-electron chi connectivity index (χ2n) is 4.57. The van der Waals surface area contributed by atoms with Gasteiger partial charge in [-0.1, -0.05) is 6.92 Å². The molecule has 1 aliphatic rings. The van der Waals surface area contributed by atoms with E-state index in [2.05, 4.69) is 5.32 Å². The fourth-order valence-electron chi connectivity index (χ4n) is 1.94. The molecule has 1 aromatic rings. The van der Waals surface area contributed by atoms with Crippen LogP contribution in [-0.2, 0) is 0 Å². The molecular formula is C13H17F2NO. The lowest BCUT2D eigenvalue weighted by Gasteiger charge is -2.23. The van der Waals surface area contributed by atoms with E-state index in [1.165, 1.54) is 0 Å². The third-order valence-corrected chi connectivity index (χ3v) is 3.12. The van der Waals surface area contributed by atoms with Crippen molar-refractivity contribution in [1.29, 1.82) is 0 Å². The summed E-state index contributed by atoms with van der Waals surface area (Å²) in [4.78, 5) is 0. The largest absolute Gasteiger partial charge is 0.387 e. The Kier molecular flexibility index (Phi) is 3.74. The van der Waals surface area contributed by atoms with Crippen molar-refractivity contribution in [1.82, 2.24) is 5.32 Å². The van der Waals surface area contributed by atoms with Crippen LogP contribution in [0.2, 0.25) is 0 Å². The maximum atomic E-state index is 13.5. The third kappa shape index (κ3) is 3.01. The van der Waals surface area contributed by atoms with E-state index < -0.39 is 17.7 Å². The highest BCUT2D eigenvalue weighted by Crippen LogP contribution is 2.27. The Morgan fingerprint density at radius 2 is 2.12 bits per heavy atom. The molecule has 0 bridgehead atoms. The van der Waals surface area contributed by atoms with E-state index in [0.29, 0.717) is 12.5 Å². The lowest BCUT2D eigenvalue weighted by molar-refractivity contribution is 0.121. The van der Waals surface area contributed by atoms with E-state index in [0.717, 1.165) is 31.0 Å². The van der Waals surface area contributed by atoms with Gasteiger partial charge in [0.05, 0.1) is 6.10 Å². The molecule has 2 unspecified atom stereocenters. The molecule has 0 spiro atoms. The minimum Gasteiger partial charge on any atom is -0.387 e. The first kappa shape index (κ1) is 12.5. The molecule has 0 aliphatic heterocycles. The van der Waals surface area contributed by atoms with Crippen molar-refractivity contribution in [2.24, 2.45) is 0 Å². The minimum absolute atomic E-state index is 0.0324. The van der Waals surface area contributed by atoms with Crippen LogP contribution in [0.15, 0.2) is 18.2 Å². The summed E-state index contributed by atoms with van der Waals surface area (Å²) in [5.74, 6) is -1.09. The monoisotopic (exact) mass is 241 g/mol. The van der Waals surface area contributed by atoms with Gasteiger partial charge in [-0.2, -0.15) is 0 Å². The van der Waals surface area contributed by atoms with Gasteiger partial charge in [0.2, 0.25) is 0 Å². The number of aliphatic hydroxyl groups is 1. The molecule has 1 aliphatic carbocycles. The van der Waals surface area contributed by atoms with Crippen molar-refractivity contribution >= 4 is 0 Å². The number of hydrogen-bond acceptors (Lipinski definition) is 2. The molecule has 1 fully saturated rings. The Morgan fingerprint density at radius 1 is 1.41 bits per heavy atom. The predicted molar refractivity (Wildman–Crippen MR) is 61.6 cm³/mol. The average Bonchev–Trinajstić information content (AvgIpc) is 3.12. The van der Waals surface area contributed by atoms with E-state index in [4.69, 9.17) is 0 Å². The topological polar surface area (TPSA) is 32.3 Å². The Hall–Kier alpha value is -1.00. The molecule has 1 saturated carbocycles. The van der Waals surface area contributed by atoms with E-state index in [1.807, 2.05) is 6.92 Å². The Bertz CT molecular complexity index is 393. The summed E-state index contributed by atoms with van der Waals surface area (Å²) >= 11 is 0. The van der Waals surface area contributed by atoms with Gasteiger partial charge < -0.3 is 10.4 Å². The average molecular weight is 241 g/mol. The van der Waals surface area contributed by atoms with Crippen LogP contribution in [0.4, 0.5) is 8.78 Å². The van der Waals surface area contributed by atoms with Crippen molar-refractivity contribution in [2.75, 3.05) is 0 Å². The first-order valence-corrected chi connectivity index (χ1v) is 6.01. The lowest BCUT2D eigenvalue weighted by atomic mass is 9.99. The van der Waals surface area contributed by atoms with Crippen LogP contribution in [-0.4, -0.2) is 17.2 Å². The van der Waals surface area contributed by atoms with Gasteiger partial charge in [-0.3, -0.25) is 0 Å². The zero-order valence-corrected chi connectivity index (χ0v) is 9.79. The first-order valence-electron chi connectivity index (χ1n) is 6.01. The van der Waals surface area contributed by atoms with Crippen molar-refractivity contribution in [3.8, 4) is 0 Å². The summed E-state index contributed by atoms with van der Waals surface area (Å²) < 4.78 is 26.6. The molecule has 2 atom stereocenters. The molecule has 0 heterocycles. The van der Waals surface area contributed by atoms with Crippen LogP contribution in [0, 0.1) is 11.6 Å². The van der Waals surface area contributed by atoms with Gasteiger partial charge in [-0.15, -0.1) is 0 Å². The SMILES string of the molecule is CCC(NC1CC1)C(O)c1cc(F)ccc1F. The van der Waals surface area contributed by atoms with Gasteiger partial charge in [-0.25, -0.2) is 8.78 Å². The molecule has 0 saturated heterocycles. The molecular weight excluding hydrogens is 224 g/mol. The van der Waals surface area contributed by atoms with E-state index in [9.17, 15) is 13.9 Å². The molecule has 4 heteroatoms. The Balaban J connectivity index is 2.14. The summed E-state index contributed by atoms with van der Waals surface area (Å²) in [6, 6.07) is 3.38. The summed E-state index contributed by atoms with van der Waals surface area (Å²) in [5, 5.41) is 13.3. The van der Waals surface area contributed by atoms with Gasteiger partial charge in [0.25, 0.3) is 0 Å². The molecule has 0 amide bonds. The van der Waals surface area contributed by atoms with Crippen molar-refractivity contribution < 1.29 is 13.9 Å². The van der Waals surface area contributed by atoms with Crippen molar-refractivity contribution in [3.63, 3.8) is 0 Å². The van der Waals surface area contributed by atoms with Gasteiger partial charge in [0, 0.05) is 17.6 Å². The fourth-order valence-corrected chi connectivity index (χ4v) is 1.94. The van der Waals surface area contributed by atoms with E-state index in [-0.39, 0.29) is 11.6 Å². The molecule has 1 aromatic carbocycles. The second kappa shape index (κ2) is 5.10. The zero-order valence-electron chi connectivity index (χ0n) is 9.79. The number of halogens is 2. The molecule has 0 aromatic heterocycles. The number of benzene rings is 1. The molecule has 94 valence electrons. The van der Waals surface area contributed by atoms with Crippen molar-refractivity contribution in [3.05, 3.63) is 35.4 Å². The molecule has 0 radical (unpaired) electrons. The van der Waals surface area contributed by atoms with Crippen molar-refractivity contribution in [2.45, 2.75) is 44.4 Å². The molecule has 2 N–H and O–H groups in total. The summed E-state index contributed by atoms with van der Waals surface area (Å²) in [5.41, 5.74) is 0.0324. The minimum atomic E-state index is -1.00. The summed E-state index contributed by atoms with van der Waals surface area (Å²) in [6.07, 6.45) is 1.86. The maximum absolute atomic E-state index is 13.5. The van der Waals surface area contributed by atoms with Crippen LogP contribution in [0.1, 0.15) is 37.9 Å². The zero-order chi connectivity index (χ0) is 12.4. The quantitative estimate of drug-likeness (QED) is 0.830. The molecule has 17 heavy (non-hydrogen) atoms. The highest BCUT2D eigenvalue weighted by atomic mass is 19.1. The number of hydrogen-bond donors (Lipinski definition) is 2. The summed E-state index contributed by atoms with van der Waals surface area (Å²) in [6.45, 7) is 1.92. The molecule has 2 nitrogen and oxygen atoms in total. The second-order valence-corrected chi connectivity index (χ2v) is 4.57. The van der Waals surface area contributed by atoms with Gasteiger partial charge >= 0.3 is 0 Å². The highest BCUT2D eigenvalue weighted by molar-refractivity contribution is 5.22. The number of aliphatic hydroxyl groups excluding tert-OH is 1. The molecule has 2 rings (SSSR count). The van der Waals surface area contributed by atoms with Crippen LogP contribution >= 0.6 is 0 Å². The Labute approximate surface area is 99.7 Å². The number of rotatable bonds is 5. The van der Waals surface area contributed by atoms with Gasteiger partial charge in [0.15, 0.2) is 0 Å². The van der Waals surface area contributed by atoms with E-state index >= 15 is 0 Å². The third-order valence-electron chi connectivity index (χ3n) is 3.12. The highest BCUT2D eigenvalue weighted by Gasteiger charge is 2.29. The van der Waals surface area contributed by atoms with Gasteiger partial charge in [0.1, 0.15) is 11.6 Å². The number of nitrogens with one attached hydrogen (secondary N) is 1. The van der Waals surface area contributed by atoms with Crippen LogP contribution in [0.5, 0.6) is 0 Å².